The molecule has 8 aromatic rings. The van der Waals surface area contributed by atoms with Gasteiger partial charge in [0.15, 0.2) is 0 Å². The highest BCUT2D eigenvalue weighted by Crippen LogP contribution is 2.56. The molecule has 0 spiro atoms. The van der Waals surface area contributed by atoms with Gasteiger partial charge in [-0.3, -0.25) is 0 Å². The van der Waals surface area contributed by atoms with Gasteiger partial charge in [-0.2, -0.15) is 0 Å². The number of thiophene rings is 1. The Kier molecular flexibility index (Phi) is 3.70. The van der Waals surface area contributed by atoms with E-state index in [1.54, 1.807) is 0 Å². The average molecular weight is 490 g/mol. The van der Waals surface area contributed by atoms with Crippen LogP contribution in [0.25, 0.3) is 64.0 Å². The number of nitrogens with zero attached hydrogens (tertiary/aromatic N) is 1. The normalized spacial score (nSPS) is 12.8. The molecule has 0 saturated heterocycles. The maximum Gasteiger partial charge on any atom is 0.137 e. The first-order chi connectivity index (χ1) is 18.3. The Hall–Kier alpha value is -4.60. The molecule has 1 aliphatic rings. The van der Waals surface area contributed by atoms with Crippen LogP contribution in [0.5, 0.6) is 0 Å². The van der Waals surface area contributed by atoms with Crippen molar-refractivity contribution in [2.24, 2.45) is 0 Å². The zero-order valence-electron chi connectivity index (χ0n) is 19.7. The summed E-state index contributed by atoms with van der Waals surface area (Å²) in [5.74, 6) is 0. The quantitative estimate of drug-likeness (QED) is 0.228. The van der Waals surface area contributed by atoms with E-state index in [1.165, 1.54) is 53.4 Å². The van der Waals surface area contributed by atoms with Crippen molar-refractivity contribution in [3.05, 3.63) is 115 Å². The van der Waals surface area contributed by atoms with E-state index in [9.17, 15) is 0 Å². The third-order valence-electron chi connectivity index (χ3n) is 7.76. The Labute approximate surface area is 216 Å². The maximum atomic E-state index is 6.33. The second kappa shape index (κ2) is 7.00. The third kappa shape index (κ3) is 2.54. The molecule has 0 radical (unpaired) electrons. The van der Waals surface area contributed by atoms with E-state index >= 15 is 0 Å². The zero-order valence-corrected chi connectivity index (χ0v) is 20.5. The average Bonchev–Trinajstić information content (AvgIpc) is 3.51. The first-order valence-corrected chi connectivity index (χ1v) is 13.3. The molecule has 0 unspecified atom stereocenters. The Balaban J connectivity index is 1.45. The van der Waals surface area contributed by atoms with Gasteiger partial charge in [-0.15, -0.1) is 11.3 Å². The second-order valence-electron chi connectivity index (χ2n) is 9.74. The maximum absolute atomic E-state index is 6.33. The number of para-hydroxylation sites is 2. The summed E-state index contributed by atoms with van der Waals surface area (Å²) in [6, 6.07) is 41.6. The van der Waals surface area contributed by atoms with Gasteiger partial charge in [0, 0.05) is 48.9 Å². The molecule has 6 aromatic carbocycles. The van der Waals surface area contributed by atoms with Crippen molar-refractivity contribution >= 4 is 81.3 Å². The van der Waals surface area contributed by atoms with E-state index in [2.05, 4.69) is 108 Å². The standard InChI is InChI=1S/C34H19NOS/c1-4-13-28-22(9-1)26-12-7-8-20-18-27-25-11-3-6-15-31(25)37-34(27)33(32(20)26)35(28)21-16-17-24-23-10-2-5-14-29(23)36-30(24)19-21/h1-19H. The number of benzene rings is 6. The third-order valence-corrected chi connectivity index (χ3v) is 8.95. The van der Waals surface area contributed by atoms with E-state index in [0.29, 0.717) is 0 Å². The molecule has 0 fully saturated rings. The molecule has 172 valence electrons. The van der Waals surface area contributed by atoms with Crippen molar-refractivity contribution in [1.82, 2.24) is 0 Å². The van der Waals surface area contributed by atoms with E-state index in [4.69, 9.17) is 4.42 Å². The van der Waals surface area contributed by atoms with Gasteiger partial charge in [0.2, 0.25) is 0 Å². The van der Waals surface area contributed by atoms with Crippen LogP contribution in [0.1, 0.15) is 0 Å². The zero-order chi connectivity index (χ0) is 24.1. The highest BCUT2D eigenvalue weighted by molar-refractivity contribution is 7.26. The number of fused-ring (bicyclic) bond motifs is 9. The lowest BCUT2D eigenvalue weighted by Gasteiger charge is -2.34. The van der Waals surface area contributed by atoms with Crippen molar-refractivity contribution < 1.29 is 4.42 Å². The first kappa shape index (κ1) is 19.6. The lowest BCUT2D eigenvalue weighted by molar-refractivity contribution is 0.669. The van der Waals surface area contributed by atoms with Crippen molar-refractivity contribution in [2.45, 2.75) is 0 Å². The van der Waals surface area contributed by atoms with Crippen molar-refractivity contribution in [2.75, 3.05) is 4.90 Å². The topological polar surface area (TPSA) is 16.4 Å². The Morgan fingerprint density at radius 1 is 0.568 bits per heavy atom. The summed E-state index contributed by atoms with van der Waals surface area (Å²) in [7, 11) is 0. The molecule has 0 atom stereocenters. The molecule has 0 saturated carbocycles. The monoisotopic (exact) mass is 489 g/mol. The highest BCUT2D eigenvalue weighted by atomic mass is 32.1. The fraction of sp³-hybridized carbons (Fsp3) is 0. The van der Waals surface area contributed by atoms with Crippen LogP contribution in [0, 0.1) is 0 Å². The molecule has 0 aliphatic carbocycles. The molecule has 0 bridgehead atoms. The fourth-order valence-electron chi connectivity index (χ4n) is 6.18. The fourth-order valence-corrected chi connectivity index (χ4v) is 7.41. The van der Waals surface area contributed by atoms with Gasteiger partial charge < -0.3 is 9.32 Å². The molecule has 2 nitrogen and oxygen atoms in total. The van der Waals surface area contributed by atoms with Crippen molar-refractivity contribution in [3.63, 3.8) is 0 Å². The van der Waals surface area contributed by atoms with Crippen LogP contribution in [-0.4, -0.2) is 0 Å². The molecule has 9 rings (SSSR count). The van der Waals surface area contributed by atoms with Gasteiger partial charge in [-0.25, -0.2) is 0 Å². The Morgan fingerprint density at radius 3 is 2.32 bits per heavy atom. The van der Waals surface area contributed by atoms with Crippen molar-refractivity contribution in [1.29, 1.82) is 0 Å². The minimum atomic E-state index is 0.912. The van der Waals surface area contributed by atoms with Gasteiger partial charge >= 0.3 is 0 Å². The first-order valence-electron chi connectivity index (χ1n) is 12.5. The molecule has 37 heavy (non-hydrogen) atoms. The van der Waals surface area contributed by atoms with Crippen LogP contribution >= 0.6 is 11.3 Å². The highest BCUT2D eigenvalue weighted by Gasteiger charge is 2.29. The smallest absolute Gasteiger partial charge is 0.137 e. The van der Waals surface area contributed by atoms with E-state index in [-0.39, 0.29) is 0 Å². The molecular weight excluding hydrogens is 470 g/mol. The van der Waals surface area contributed by atoms with Crippen LogP contribution in [0.2, 0.25) is 0 Å². The Bertz CT molecular complexity index is 2220. The summed E-state index contributed by atoms with van der Waals surface area (Å²) in [5, 5.41) is 7.52. The van der Waals surface area contributed by atoms with Gasteiger partial charge in [0.25, 0.3) is 0 Å². The van der Waals surface area contributed by atoms with Crippen LogP contribution in [-0.2, 0) is 0 Å². The van der Waals surface area contributed by atoms with Crippen LogP contribution < -0.4 is 4.90 Å². The van der Waals surface area contributed by atoms with Crippen molar-refractivity contribution in [3.8, 4) is 11.1 Å². The van der Waals surface area contributed by atoms with Crippen LogP contribution in [0.4, 0.5) is 17.1 Å². The summed E-state index contributed by atoms with van der Waals surface area (Å²) in [6.45, 7) is 0. The van der Waals surface area contributed by atoms with E-state index < -0.39 is 0 Å². The number of hydrogen-bond donors (Lipinski definition) is 0. The molecule has 0 amide bonds. The van der Waals surface area contributed by atoms with E-state index in [0.717, 1.165) is 27.6 Å². The minimum Gasteiger partial charge on any atom is -0.456 e. The number of hydrogen-bond acceptors (Lipinski definition) is 3. The summed E-state index contributed by atoms with van der Waals surface area (Å²) in [6.07, 6.45) is 0. The van der Waals surface area contributed by atoms with Gasteiger partial charge in [-0.1, -0.05) is 72.8 Å². The lowest BCUT2D eigenvalue weighted by Crippen LogP contribution is -2.15. The largest absolute Gasteiger partial charge is 0.456 e. The van der Waals surface area contributed by atoms with Gasteiger partial charge in [0.05, 0.1) is 16.1 Å². The summed E-state index contributed by atoms with van der Waals surface area (Å²) >= 11 is 1.89. The number of rotatable bonds is 1. The molecular formula is C34H19NOS. The van der Waals surface area contributed by atoms with Gasteiger partial charge in [0.1, 0.15) is 11.2 Å². The molecule has 3 heteroatoms. The Morgan fingerprint density at radius 2 is 1.35 bits per heavy atom. The minimum absolute atomic E-state index is 0.912. The summed E-state index contributed by atoms with van der Waals surface area (Å²) in [4.78, 5) is 2.45. The number of furan rings is 1. The van der Waals surface area contributed by atoms with Crippen LogP contribution in [0.15, 0.2) is 120 Å². The number of anilines is 3. The van der Waals surface area contributed by atoms with Gasteiger partial charge in [-0.05, 0) is 47.3 Å². The molecule has 2 aromatic heterocycles. The lowest BCUT2D eigenvalue weighted by atomic mass is 9.90. The molecule has 0 N–H and O–H groups in total. The summed E-state index contributed by atoms with van der Waals surface area (Å²) < 4.78 is 8.96. The summed E-state index contributed by atoms with van der Waals surface area (Å²) in [5.41, 5.74) is 7.96. The molecule has 1 aliphatic heterocycles. The SMILES string of the molecule is c1ccc2c(c1)-c1cccc3cc4c(sc5ccccc54)c(c13)N2c1ccc2c(c1)oc1ccccc12. The molecule has 3 heterocycles. The predicted molar refractivity (Wildman–Crippen MR) is 158 cm³/mol. The van der Waals surface area contributed by atoms with E-state index in [1.807, 2.05) is 23.5 Å². The predicted octanol–water partition coefficient (Wildman–Crippen LogP) is 10.6. The second-order valence-corrected chi connectivity index (χ2v) is 10.8. The van der Waals surface area contributed by atoms with Crippen LogP contribution in [0.3, 0.4) is 0 Å².